The van der Waals surface area contributed by atoms with Crippen molar-refractivity contribution < 1.29 is 33.4 Å². The number of likely N-dealkylation sites (tertiary alicyclic amines) is 1. The predicted molar refractivity (Wildman–Crippen MR) is 195 cm³/mol. The molecule has 3 heterocycles. The minimum atomic E-state index is -1.24. The third-order valence-electron chi connectivity index (χ3n) is 10.2. The Kier molecular flexibility index (Phi) is 11.2. The maximum atomic E-state index is 14.7. The molecule has 1 aromatic heterocycles. The van der Waals surface area contributed by atoms with Gasteiger partial charge in [-0.05, 0) is 92.2 Å². The van der Waals surface area contributed by atoms with Crippen LogP contribution in [0.3, 0.4) is 0 Å². The molecule has 1 spiro atoms. The molecule has 5 rings (SSSR count). The van der Waals surface area contributed by atoms with Crippen LogP contribution in [0.15, 0.2) is 43.5 Å². The smallest absolute Gasteiger partial charge is 0.408 e. The van der Waals surface area contributed by atoms with Crippen LogP contribution in [0.2, 0.25) is 0 Å². The van der Waals surface area contributed by atoms with Crippen molar-refractivity contribution >= 4 is 34.8 Å². The molecule has 1 saturated carbocycles. The van der Waals surface area contributed by atoms with Crippen molar-refractivity contribution in [2.75, 3.05) is 13.2 Å². The number of carbonyl (C=O) groups excluding carboxylic acids is 4. The van der Waals surface area contributed by atoms with Gasteiger partial charge in [0.05, 0.1) is 24.4 Å². The summed E-state index contributed by atoms with van der Waals surface area (Å²) in [5.74, 6) is -1.01. The molecule has 5 atom stereocenters. The Balaban J connectivity index is 1.48. The molecule has 2 N–H and O–H groups in total. The van der Waals surface area contributed by atoms with E-state index in [2.05, 4.69) is 29.9 Å². The molecule has 2 fully saturated rings. The van der Waals surface area contributed by atoms with Crippen molar-refractivity contribution in [3.8, 4) is 5.75 Å². The fourth-order valence-corrected chi connectivity index (χ4v) is 7.52. The Labute approximate surface area is 301 Å². The first-order valence-corrected chi connectivity index (χ1v) is 18.3. The third kappa shape index (κ3) is 8.23. The summed E-state index contributed by atoms with van der Waals surface area (Å²) in [6.07, 6.45) is 8.21. The quantitative estimate of drug-likeness (QED) is 0.144. The number of unbranched alkanes of at least 4 members (excludes halogenated alkanes) is 3. The fraction of sp³-hybridized carbons (Fsp3) is 0.575. The molecule has 0 radical (unpaired) electrons. The maximum Gasteiger partial charge on any atom is 0.408 e. The van der Waals surface area contributed by atoms with E-state index in [1.807, 2.05) is 32.1 Å². The molecule has 2 unspecified atom stereocenters. The first-order valence-electron chi connectivity index (χ1n) is 18.3. The van der Waals surface area contributed by atoms with Gasteiger partial charge in [0.1, 0.15) is 34.6 Å². The number of carbonyl (C=O) groups is 4. The molecule has 1 aromatic carbocycles. The highest BCUT2D eigenvalue weighted by Crippen LogP contribution is 2.47. The van der Waals surface area contributed by atoms with E-state index < -0.39 is 52.7 Å². The lowest BCUT2D eigenvalue weighted by Gasteiger charge is -2.37. The summed E-state index contributed by atoms with van der Waals surface area (Å²) in [6, 6.07) is 4.25. The number of hydrogen-bond donors (Lipinski definition) is 2. The lowest BCUT2D eigenvalue weighted by Crippen LogP contribution is -2.57. The first-order chi connectivity index (χ1) is 24.2. The van der Waals surface area contributed by atoms with E-state index in [1.54, 1.807) is 33.8 Å². The molecule has 2 aliphatic heterocycles. The topological polar surface area (TPSA) is 136 Å². The zero-order valence-corrected chi connectivity index (χ0v) is 31.1. The highest BCUT2D eigenvalue weighted by Gasteiger charge is 2.63. The summed E-state index contributed by atoms with van der Waals surface area (Å²) in [4.78, 5) is 61.6. The Morgan fingerprint density at radius 1 is 1.14 bits per heavy atom. The monoisotopic (exact) mass is 702 g/mol. The molecule has 0 bridgehead atoms. The van der Waals surface area contributed by atoms with Crippen molar-refractivity contribution in [1.29, 1.82) is 0 Å². The van der Waals surface area contributed by atoms with Gasteiger partial charge in [-0.2, -0.15) is 0 Å². The minimum Gasteiger partial charge on any atom is -0.483 e. The van der Waals surface area contributed by atoms with E-state index in [0.29, 0.717) is 37.9 Å². The fourth-order valence-electron chi connectivity index (χ4n) is 7.52. The number of ether oxygens (including phenoxy) is 3. The van der Waals surface area contributed by atoms with Crippen molar-refractivity contribution in [2.45, 2.75) is 128 Å². The summed E-state index contributed by atoms with van der Waals surface area (Å²) >= 11 is 0. The lowest BCUT2D eigenvalue weighted by atomic mass is 9.87. The van der Waals surface area contributed by atoms with Crippen LogP contribution < -0.4 is 15.4 Å². The van der Waals surface area contributed by atoms with Crippen LogP contribution in [0.1, 0.15) is 95.9 Å². The number of aromatic nitrogens is 1. The van der Waals surface area contributed by atoms with Crippen molar-refractivity contribution in [1.82, 2.24) is 20.5 Å². The number of hydrogen-bond acceptors (Lipinski definition) is 8. The molecule has 276 valence electrons. The van der Waals surface area contributed by atoms with Crippen LogP contribution in [0.25, 0.3) is 10.9 Å². The average Bonchev–Trinajstić information content (AvgIpc) is 3.67. The van der Waals surface area contributed by atoms with Gasteiger partial charge in [-0.25, -0.2) is 14.6 Å². The number of nitrogens with zero attached hydrogens (tertiary/aromatic N) is 2. The van der Waals surface area contributed by atoms with E-state index in [1.165, 1.54) is 4.90 Å². The molecular formula is C40H54N4O7. The number of fused-ring (bicyclic) bond motifs is 3. The highest BCUT2D eigenvalue weighted by molar-refractivity contribution is 5.97. The van der Waals surface area contributed by atoms with Gasteiger partial charge in [0.2, 0.25) is 11.8 Å². The Hall–Kier alpha value is -4.41. The predicted octanol–water partition coefficient (Wildman–Crippen LogP) is 6.17. The SMILES string of the molecule is C=CCCCCCC(NC(=O)OC(C)(C)C)C(=O)N1C[C@@]2(CCc3c(c(C)nc4ccc(C)cc34)O2)C[C@H]1C(=O)NC1(C(=O)OCC)C[C@H]1C=C. The number of benzene rings is 1. The molecule has 11 nitrogen and oxygen atoms in total. The lowest BCUT2D eigenvalue weighted by molar-refractivity contribution is -0.150. The summed E-state index contributed by atoms with van der Waals surface area (Å²) in [5, 5.41) is 6.82. The zero-order chi connectivity index (χ0) is 37.1. The van der Waals surface area contributed by atoms with Gasteiger partial charge >= 0.3 is 12.1 Å². The molecular weight excluding hydrogens is 648 g/mol. The Morgan fingerprint density at radius 2 is 1.90 bits per heavy atom. The first kappa shape index (κ1) is 37.8. The summed E-state index contributed by atoms with van der Waals surface area (Å²) < 4.78 is 17.8. The minimum absolute atomic E-state index is 0.120. The van der Waals surface area contributed by atoms with Crippen molar-refractivity contribution in [3.63, 3.8) is 0 Å². The van der Waals surface area contributed by atoms with E-state index in [9.17, 15) is 19.2 Å². The number of pyridine rings is 1. The second-order valence-corrected chi connectivity index (χ2v) is 15.3. The van der Waals surface area contributed by atoms with Gasteiger partial charge in [0.25, 0.3) is 0 Å². The number of alkyl carbamates (subject to hydrolysis) is 1. The third-order valence-corrected chi connectivity index (χ3v) is 10.2. The highest BCUT2D eigenvalue weighted by atomic mass is 16.6. The van der Waals surface area contributed by atoms with Gasteiger partial charge in [0, 0.05) is 23.3 Å². The van der Waals surface area contributed by atoms with Crippen LogP contribution in [0.5, 0.6) is 5.75 Å². The van der Waals surface area contributed by atoms with Crippen molar-refractivity contribution in [3.05, 3.63) is 60.3 Å². The maximum absolute atomic E-state index is 14.7. The average molecular weight is 703 g/mol. The normalized spacial score (nSPS) is 24.2. The van der Waals surface area contributed by atoms with E-state index in [4.69, 9.17) is 19.2 Å². The summed E-state index contributed by atoms with van der Waals surface area (Å²) in [7, 11) is 0. The number of nitrogens with one attached hydrogen (secondary N) is 2. The molecule has 1 saturated heterocycles. The van der Waals surface area contributed by atoms with Crippen LogP contribution in [-0.4, -0.2) is 75.7 Å². The number of rotatable bonds is 13. The van der Waals surface area contributed by atoms with Gasteiger partial charge in [-0.15, -0.1) is 13.2 Å². The number of amides is 3. The Morgan fingerprint density at radius 3 is 2.57 bits per heavy atom. The second kappa shape index (κ2) is 15.1. The van der Waals surface area contributed by atoms with E-state index in [0.717, 1.165) is 47.0 Å². The van der Waals surface area contributed by atoms with Gasteiger partial charge < -0.3 is 29.7 Å². The van der Waals surface area contributed by atoms with Crippen LogP contribution >= 0.6 is 0 Å². The van der Waals surface area contributed by atoms with Crippen molar-refractivity contribution in [2.24, 2.45) is 5.92 Å². The van der Waals surface area contributed by atoms with Crippen LogP contribution in [0.4, 0.5) is 4.79 Å². The molecule has 2 aromatic rings. The van der Waals surface area contributed by atoms with E-state index >= 15 is 0 Å². The van der Waals surface area contributed by atoms with Gasteiger partial charge in [-0.1, -0.05) is 36.6 Å². The van der Waals surface area contributed by atoms with E-state index in [-0.39, 0.29) is 25.5 Å². The molecule has 51 heavy (non-hydrogen) atoms. The Bertz CT molecular complexity index is 1700. The zero-order valence-electron chi connectivity index (χ0n) is 31.1. The van der Waals surface area contributed by atoms with Gasteiger partial charge in [0.15, 0.2) is 0 Å². The molecule has 1 aliphatic carbocycles. The largest absolute Gasteiger partial charge is 0.483 e. The number of allylic oxidation sites excluding steroid dienone is 1. The summed E-state index contributed by atoms with van der Waals surface area (Å²) in [5.41, 5.74) is 0.909. The number of esters is 1. The number of aryl methyl sites for hydroxylation is 3. The molecule has 3 amide bonds. The molecule has 3 aliphatic rings. The van der Waals surface area contributed by atoms with Gasteiger partial charge in [-0.3, -0.25) is 9.59 Å². The molecule has 11 heteroatoms. The standard InChI is InChI=1S/C40H54N4O7/c1-9-12-13-14-15-16-31(42-37(48)51-38(6,7)8)35(46)44-24-39(23-32(44)34(45)43-40(22-27(40)10-2)36(47)49-11-3)20-19-28-29-21-25(4)17-18-30(29)41-26(5)33(28)50-39/h9-10,17-18,21,27,31-32H,1-2,11-16,19-20,22-24H2,3-8H3,(H,42,48)(H,43,45)/t27-,31?,32+,39-,40?/m1/s1. The van der Waals surface area contributed by atoms with Crippen LogP contribution in [0, 0.1) is 19.8 Å². The summed E-state index contributed by atoms with van der Waals surface area (Å²) in [6.45, 7) is 18.9. The van der Waals surface area contributed by atoms with Crippen LogP contribution in [-0.2, 0) is 30.3 Å². The second-order valence-electron chi connectivity index (χ2n) is 15.3.